The van der Waals surface area contributed by atoms with Crippen molar-refractivity contribution < 1.29 is 0 Å². The van der Waals surface area contributed by atoms with Crippen LogP contribution in [-0.4, -0.2) is 29.7 Å². The molecule has 0 spiro atoms. The van der Waals surface area contributed by atoms with Crippen molar-refractivity contribution in [2.24, 2.45) is 0 Å². The van der Waals surface area contributed by atoms with Crippen LogP contribution in [0.15, 0.2) is 24.3 Å². The van der Waals surface area contributed by atoms with Crippen LogP contribution in [-0.2, 0) is 6.54 Å². The van der Waals surface area contributed by atoms with Crippen LogP contribution in [0.25, 0.3) is 10.9 Å². The first-order chi connectivity index (χ1) is 17.0. The van der Waals surface area contributed by atoms with Crippen molar-refractivity contribution >= 4 is 34.0 Å². The number of piperidine rings is 1. The molecule has 36 heavy (non-hydrogen) atoms. The third-order valence-corrected chi connectivity index (χ3v) is 7.77. The van der Waals surface area contributed by atoms with Gasteiger partial charge in [0.15, 0.2) is 0 Å². The van der Waals surface area contributed by atoms with Gasteiger partial charge in [-0.25, -0.2) is 4.98 Å². The van der Waals surface area contributed by atoms with Crippen molar-refractivity contribution in [1.82, 2.24) is 10.3 Å². The number of rotatable bonds is 5. The van der Waals surface area contributed by atoms with Gasteiger partial charge in [0.2, 0.25) is 0 Å². The van der Waals surface area contributed by atoms with Crippen molar-refractivity contribution in [3.05, 3.63) is 62.7 Å². The number of hydrogen-bond donors (Lipinski definition) is 2. The molecule has 1 aliphatic rings. The van der Waals surface area contributed by atoms with E-state index in [4.69, 9.17) is 16.6 Å². The summed E-state index contributed by atoms with van der Waals surface area (Å²) in [6, 6.07) is 10.8. The molecule has 1 aromatic heterocycles. The van der Waals surface area contributed by atoms with E-state index >= 15 is 0 Å². The van der Waals surface area contributed by atoms with Crippen molar-refractivity contribution in [2.75, 3.05) is 23.3 Å². The Kier molecular flexibility index (Phi) is 7.50. The standard InChI is InChI=1S/C30H38ClN5/c1-18-19(2)21(4)27-26(20(18)3)28(36-14-12-24(13-15-36)35-30(5,6)7)25(16-32)29(34-27)33-17-22-8-10-23(31)11-9-22/h8-11,24,35H,12-15,17H2,1-7H3,(H,33,34). The summed E-state index contributed by atoms with van der Waals surface area (Å²) in [5.41, 5.74) is 8.76. The number of hydrogen-bond acceptors (Lipinski definition) is 5. The Hall–Kier alpha value is -2.81. The SMILES string of the molecule is Cc1c(C)c(C)c2c(N3CCC(NC(C)(C)C)CC3)c(C#N)c(NCc3ccc(Cl)cc3)nc2c1C. The molecule has 0 aliphatic carbocycles. The molecule has 1 aliphatic heterocycles. The predicted octanol–water partition coefficient (Wildman–Crippen LogP) is 6.96. The van der Waals surface area contributed by atoms with Crippen LogP contribution < -0.4 is 15.5 Å². The lowest BCUT2D eigenvalue weighted by Crippen LogP contribution is -2.49. The second-order valence-corrected chi connectivity index (χ2v) is 11.6. The van der Waals surface area contributed by atoms with Crippen LogP contribution in [0.1, 0.15) is 67.0 Å². The van der Waals surface area contributed by atoms with Crippen molar-refractivity contribution in [1.29, 1.82) is 5.26 Å². The number of fused-ring (bicyclic) bond motifs is 1. The van der Waals surface area contributed by atoms with Gasteiger partial charge in [0.05, 0.1) is 11.2 Å². The quantitative estimate of drug-likeness (QED) is 0.394. The number of aryl methyl sites for hydroxylation is 2. The summed E-state index contributed by atoms with van der Waals surface area (Å²) in [5.74, 6) is 0.649. The highest BCUT2D eigenvalue weighted by Gasteiger charge is 2.28. The predicted molar refractivity (Wildman–Crippen MR) is 152 cm³/mol. The van der Waals surface area contributed by atoms with Crippen LogP contribution in [0.5, 0.6) is 0 Å². The molecule has 190 valence electrons. The minimum absolute atomic E-state index is 0.0924. The second kappa shape index (κ2) is 10.3. The van der Waals surface area contributed by atoms with E-state index < -0.39 is 0 Å². The number of anilines is 2. The highest BCUT2D eigenvalue weighted by atomic mass is 35.5. The van der Waals surface area contributed by atoms with Gasteiger partial charge in [0, 0.05) is 41.6 Å². The number of nitrogens with one attached hydrogen (secondary N) is 2. The first-order valence-electron chi connectivity index (χ1n) is 12.8. The maximum Gasteiger partial charge on any atom is 0.147 e. The normalized spacial score (nSPS) is 14.8. The molecular weight excluding hydrogens is 466 g/mol. The zero-order valence-electron chi connectivity index (χ0n) is 22.6. The molecule has 2 N–H and O–H groups in total. The smallest absolute Gasteiger partial charge is 0.147 e. The molecule has 1 saturated heterocycles. The average Bonchev–Trinajstić information content (AvgIpc) is 2.84. The van der Waals surface area contributed by atoms with E-state index in [1.54, 1.807) is 0 Å². The van der Waals surface area contributed by atoms with Crippen molar-refractivity contribution in [3.63, 3.8) is 0 Å². The molecule has 0 saturated carbocycles. The number of pyridine rings is 1. The van der Waals surface area contributed by atoms with Gasteiger partial charge in [-0.2, -0.15) is 5.26 Å². The van der Waals surface area contributed by atoms with Crippen LogP contribution in [0, 0.1) is 39.0 Å². The summed E-state index contributed by atoms with van der Waals surface area (Å²) in [6.07, 6.45) is 2.09. The van der Waals surface area contributed by atoms with E-state index in [1.165, 1.54) is 22.3 Å². The van der Waals surface area contributed by atoms with Crippen LogP contribution in [0.4, 0.5) is 11.5 Å². The molecule has 0 amide bonds. The Morgan fingerprint density at radius 2 is 1.61 bits per heavy atom. The maximum absolute atomic E-state index is 10.4. The monoisotopic (exact) mass is 503 g/mol. The second-order valence-electron chi connectivity index (χ2n) is 11.2. The molecule has 0 bridgehead atoms. The third kappa shape index (κ3) is 5.31. The highest BCUT2D eigenvalue weighted by Crippen LogP contribution is 2.40. The summed E-state index contributed by atoms with van der Waals surface area (Å²) in [6.45, 7) is 17.7. The van der Waals surface area contributed by atoms with Crippen LogP contribution >= 0.6 is 11.6 Å². The van der Waals surface area contributed by atoms with E-state index in [1.807, 2.05) is 24.3 Å². The molecule has 2 aromatic carbocycles. The molecular formula is C30H38ClN5. The fraction of sp³-hybridized carbons (Fsp3) is 0.467. The summed E-state index contributed by atoms with van der Waals surface area (Å²) in [4.78, 5) is 7.48. The Labute approximate surface area is 220 Å². The van der Waals surface area contributed by atoms with Gasteiger partial charge in [0.1, 0.15) is 17.5 Å². The number of nitrogens with zero attached hydrogens (tertiary/aromatic N) is 3. The number of benzene rings is 2. The Balaban J connectivity index is 1.80. The Bertz CT molecular complexity index is 1310. The molecule has 0 radical (unpaired) electrons. The number of nitriles is 1. The first kappa shape index (κ1) is 26.3. The van der Waals surface area contributed by atoms with Gasteiger partial charge < -0.3 is 15.5 Å². The lowest BCUT2D eigenvalue weighted by atomic mass is 9.91. The van der Waals surface area contributed by atoms with Gasteiger partial charge in [-0.1, -0.05) is 23.7 Å². The fourth-order valence-corrected chi connectivity index (χ4v) is 5.45. The molecule has 5 nitrogen and oxygen atoms in total. The van der Waals surface area contributed by atoms with Gasteiger partial charge in [-0.15, -0.1) is 0 Å². The summed E-state index contributed by atoms with van der Waals surface area (Å²) >= 11 is 6.07. The van der Waals surface area contributed by atoms with E-state index in [2.05, 4.69) is 70.1 Å². The molecule has 1 fully saturated rings. The van der Waals surface area contributed by atoms with Gasteiger partial charge in [-0.3, -0.25) is 0 Å². The molecule has 0 atom stereocenters. The lowest BCUT2D eigenvalue weighted by Gasteiger charge is -2.38. The third-order valence-electron chi connectivity index (χ3n) is 7.52. The lowest BCUT2D eigenvalue weighted by molar-refractivity contribution is 0.317. The summed E-state index contributed by atoms with van der Waals surface area (Å²) < 4.78 is 0. The minimum Gasteiger partial charge on any atom is -0.370 e. The number of aromatic nitrogens is 1. The Morgan fingerprint density at radius 1 is 1.00 bits per heavy atom. The molecule has 2 heterocycles. The largest absolute Gasteiger partial charge is 0.370 e. The van der Waals surface area contributed by atoms with E-state index in [-0.39, 0.29) is 5.54 Å². The minimum atomic E-state index is 0.0924. The van der Waals surface area contributed by atoms with Crippen LogP contribution in [0.3, 0.4) is 0 Å². The maximum atomic E-state index is 10.4. The molecule has 0 unspecified atom stereocenters. The number of halogens is 1. The topological polar surface area (TPSA) is 64.0 Å². The van der Waals surface area contributed by atoms with Gasteiger partial charge in [-0.05, 0) is 101 Å². The summed E-state index contributed by atoms with van der Waals surface area (Å²) in [7, 11) is 0. The zero-order chi connectivity index (χ0) is 26.2. The Morgan fingerprint density at radius 3 is 2.19 bits per heavy atom. The van der Waals surface area contributed by atoms with E-state index in [0.717, 1.165) is 48.1 Å². The van der Waals surface area contributed by atoms with Crippen molar-refractivity contribution in [2.45, 2.75) is 79.4 Å². The molecule has 6 heteroatoms. The van der Waals surface area contributed by atoms with Gasteiger partial charge >= 0.3 is 0 Å². The highest BCUT2D eigenvalue weighted by molar-refractivity contribution is 6.30. The average molecular weight is 504 g/mol. The fourth-order valence-electron chi connectivity index (χ4n) is 5.32. The molecule has 3 aromatic rings. The van der Waals surface area contributed by atoms with Crippen molar-refractivity contribution in [3.8, 4) is 6.07 Å². The van der Waals surface area contributed by atoms with E-state index in [9.17, 15) is 5.26 Å². The van der Waals surface area contributed by atoms with Gasteiger partial charge in [0.25, 0.3) is 0 Å². The zero-order valence-corrected chi connectivity index (χ0v) is 23.4. The van der Waals surface area contributed by atoms with Crippen LogP contribution in [0.2, 0.25) is 5.02 Å². The molecule has 4 rings (SSSR count). The van der Waals surface area contributed by atoms with E-state index in [0.29, 0.717) is 29.0 Å². The summed E-state index contributed by atoms with van der Waals surface area (Å²) in [5, 5.41) is 19.5. The first-order valence-corrected chi connectivity index (χ1v) is 13.2.